The number of thioether (sulfide) groups is 1. The van der Waals surface area contributed by atoms with Crippen LogP contribution in [0.15, 0.2) is 18.2 Å². The van der Waals surface area contributed by atoms with Crippen molar-refractivity contribution in [2.75, 3.05) is 23.4 Å². The molecule has 1 aromatic carbocycles. The second-order valence-electron chi connectivity index (χ2n) is 4.36. The molecule has 1 atom stereocenters. The van der Waals surface area contributed by atoms with E-state index < -0.39 is 0 Å². The van der Waals surface area contributed by atoms with Crippen LogP contribution in [0.25, 0.3) is 0 Å². The second-order valence-corrected chi connectivity index (χ2v) is 5.39. The van der Waals surface area contributed by atoms with Gasteiger partial charge in [-0.05, 0) is 42.8 Å². The molecule has 0 fully saturated rings. The van der Waals surface area contributed by atoms with Gasteiger partial charge in [-0.1, -0.05) is 13.0 Å². The molecule has 1 unspecified atom stereocenters. The fraction of sp³-hybridized carbons (Fsp3) is 0.462. The average Bonchev–Trinajstić information content (AvgIpc) is 2.33. The third-order valence-corrected chi connectivity index (χ3v) is 3.78. The van der Waals surface area contributed by atoms with Gasteiger partial charge < -0.3 is 11.1 Å². The van der Waals surface area contributed by atoms with Crippen molar-refractivity contribution >= 4 is 23.4 Å². The monoisotopic (exact) mass is 270 g/mol. The number of aryl methyl sites for hydroxylation is 1. The lowest BCUT2D eigenvalue weighted by atomic mass is 10.2. The number of halogens is 1. The van der Waals surface area contributed by atoms with Crippen LogP contribution in [0.5, 0.6) is 0 Å². The Labute approximate surface area is 111 Å². The van der Waals surface area contributed by atoms with Crippen LogP contribution in [0.1, 0.15) is 12.5 Å². The summed E-state index contributed by atoms with van der Waals surface area (Å²) in [6.07, 6.45) is 0. The molecule has 5 heteroatoms. The predicted octanol–water partition coefficient (Wildman–Crippen LogP) is 2.40. The van der Waals surface area contributed by atoms with Crippen LogP contribution in [0.3, 0.4) is 0 Å². The topological polar surface area (TPSA) is 55.1 Å². The Kier molecular flexibility index (Phi) is 6.15. The number of anilines is 1. The Morgan fingerprint density at radius 3 is 2.94 bits per heavy atom. The third-order valence-electron chi connectivity index (χ3n) is 2.51. The highest BCUT2D eigenvalue weighted by molar-refractivity contribution is 7.99. The Morgan fingerprint density at radius 2 is 2.28 bits per heavy atom. The maximum absolute atomic E-state index is 13.0. The first kappa shape index (κ1) is 15.0. The molecule has 0 heterocycles. The van der Waals surface area contributed by atoms with Gasteiger partial charge in [-0.2, -0.15) is 11.8 Å². The van der Waals surface area contributed by atoms with Gasteiger partial charge in [0.25, 0.3) is 0 Å². The zero-order valence-electron chi connectivity index (χ0n) is 10.7. The molecule has 1 aromatic rings. The van der Waals surface area contributed by atoms with E-state index in [1.54, 1.807) is 6.07 Å². The minimum absolute atomic E-state index is 0.113. The molecule has 0 aromatic heterocycles. The van der Waals surface area contributed by atoms with Crippen molar-refractivity contribution in [3.63, 3.8) is 0 Å². The molecule has 0 radical (unpaired) electrons. The average molecular weight is 270 g/mol. The van der Waals surface area contributed by atoms with Crippen LogP contribution < -0.4 is 11.1 Å². The first-order chi connectivity index (χ1) is 8.52. The summed E-state index contributed by atoms with van der Waals surface area (Å²) in [6.45, 7) is 4.50. The zero-order valence-corrected chi connectivity index (χ0v) is 11.5. The molecule has 0 aliphatic carbocycles. The second kappa shape index (κ2) is 7.38. The van der Waals surface area contributed by atoms with Gasteiger partial charge in [0.15, 0.2) is 0 Å². The van der Waals surface area contributed by atoms with E-state index in [4.69, 9.17) is 5.73 Å². The van der Waals surface area contributed by atoms with Gasteiger partial charge in [-0.3, -0.25) is 4.79 Å². The zero-order chi connectivity index (χ0) is 13.5. The van der Waals surface area contributed by atoms with Crippen LogP contribution >= 0.6 is 11.8 Å². The van der Waals surface area contributed by atoms with Gasteiger partial charge in [0.1, 0.15) is 5.82 Å². The third kappa shape index (κ3) is 5.06. The molecule has 0 saturated carbocycles. The molecule has 18 heavy (non-hydrogen) atoms. The van der Waals surface area contributed by atoms with Crippen LogP contribution in [-0.4, -0.2) is 24.0 Å². The number of carbonyl (C=O) groups excluding carboxylic acids is 1. The number of amides is 1. The van der Waals surface area contributed by atoms with E-state index >= 15 is 0 Å². The van der Waals surface area contributed by atoms with Crippen molar-refractivity contribution in [2.24, 2.45) is 11.7 Å². The van der Waals surface area contributed by atoms with Crippen molar-refractivity contribution in [3.05, 3.63) is 29.6 Å². The summed E-state index contributed by atoms with van der Waals surface area (Å²) >= 11 is 1.54. The van der Waals surface area contributed by atoms with Gasteiger partial charge in [-0.25, -0.2) is 4.39 Å². The highest BCUT2D eigenvalue weighted by atomic mass is 32.2. The van der Waals surface area contributed by atoms with Crippen molar-refractivity contribution in [1.29, 1.82) is 0 Å². The summed E-state index contributed by atoms with van der Waals surface area (Å²) in [4.78, 5) is 11.7. The molecule has 0 saturated heterocycles. The number of nitrogens with two attached hydrogens (primary N) is 1. The van der Waals surface area contributed by atoms with E-state index in [1.165, 1.54) is 23.9 Å². The highest BCUT2D eigenvalue weighted by Gasteiger charge is 2.07. The number of rotatable bonds is 6. The number of benzene rings is 1. The molecule has 0 bridgehead atoms. The molecule has 100 valence electrons. The van der Waals surface area contributed by atoms with E-state index in [0.29, 0.717) is 23.9 Å². The molecule has 0 aliphatic rings. The van der Waals surface area contributed by atoms with Crippen molar-refractivity contribution in [3.8, 4) is 0 Å². The van der Waals surface area contributed by atoms with Crippen LogP contribution in [0, 0.1) is 18.7 Å². The number of carbonyl (C=O) groups is 1. The lowest BCUT2D eigenvalue weighted by molar-refractivity contribution is -0.113. The quantitative estimate of drug-likeness (QED) is 0.834. The Morgan fingerprint density at radius 1 is 1.56 bits per heavy atom. The summed E-state index contributed by atoms with van der Waals surface area (Å²) in [6, 6.07) is 4.36. The maximum atomic E-state index is 13.0. The lowest BCUT2D eigenvalue weighted by Crippen LogP contribution is -2.18. The van der Waals surface area contributed by atoms with Gasteiger partial charge >= 0.3 is 0 Å². The van der Waals surface area contributed by atoms with E-state index in [-0.39, 0.29) is 11.7 Å². The summed E-state index contributed by atoms with van der Waals surface area (Å²) in [5, 5.41) is 2.71. The van der Waals surface area contributed by atoms with E-state index in [9.17, 15) is 9.18 Å². The van der Waals surface area contributed by atoms with Gasteiger partial charge in [0.05, 0.1) is 5.75 Å². The molecule has 0 spiro atoms. The molecular weight excluding hydrogens is 251 g/mol. The smallest absolute Gasteiger partial charge is 0.234 e. The molecule has 1 rings (SSSR count). The Bertz CT molecular complexity index is 412. The maximum Gasteiger partial charge on any atom is 0.234 e. The standard InChI is InChI=1S/C13H19FN2OS/c1-9(6-15)7-18-8-13(17)16-12-5-11(14)4-3-10(12)2/h3-5,9H,6-8,15H2,1-2H3,(H,16,17). The lowest BCUT2D eigenvalue weighted by Gasteiger charge is -2.10. The van der Waals surface area contributed by atoms with Crippen LogP contribution in [0.2, 0.25) is 0 Å². The molecule has 3 nitrogen and oxygen atoms in total. The number of hydrogen-bond donors (Lipinski definition) is 2. The Hall–Kier alpha value is -1.07. The minimum atomic E-state index is -0.347. The highest BCUT2D eigenvalue weighted by Crippen LogP contribution is 2.16. The minimum Gasteiger partial charge on any atom is -0.330 e. The normalized spacial score (nSPS) is 12.2. The van der Waals surface area contributed by atoms with Gasteiger partial charge in [0, 0.05) is 5.69 Å². The van der Waals surface area contributed by atoms with E-state index in [0.717, 1.165) is 11.3 Å². The number of hydrogen-bond acceptors (Lipinski definition) is 3. The van der Waals surface area contributed by atoms with Gasteiger partial charge in [-0.15, -0.1) is 0 Å². The van der Waals surface area contributed by atoms with E-state index in [2.05, 4.69) is 5.32 Å². The summed E-state index contributed by atoms with van der Waals surface area (Å²) in [7, 11) is 0. The SMILES string of the molecule is Cc1ccc(F)cc1NC(=O)CSCC(C)CN. The molecular formula is C13H19FN2OS. The first-order valence-electron chi connectivity index (χ1n) is 5.86. The van der Waals surface area contributed by atoms with E-state index in [1.807, 2.05) is 13.8 Å². The number of nitrogens with one attached hydrogen (secondary N) is 1. The fourth-order valence-corrected chi connectivity index (χ4v) is 2.25. The summed E-state index contributed by atoms with van der Waals surface area (Å²) < 4.78 is 13.0. The molecule has 3 N–H and O–H groups in total. The molecule has 1 amide bonds. The summed E-state index contributed by atoms with van der Waals surface area (Å²) in [5.41, 5.74) is 6.88. The van der Waals surface area contributed by atoms with Crippen molar-refractivity contribution < 1.29 is 9.18 Å². The van der Waals surface area contributed by atoms with Crippen molar-refractivity contribution in [1.82, 2.24) is 0 Å². The Balaban J connectivity index is 2.42. The van der Waals surface area contributed by atoms with Crippen LogP contribution in [0.4, 0.5) is 10.1 Å². The fourth-order valence-electron chi connectivity index (χ4n) is 1.34. The summed E-state index contributed by atoms with van der Waals surface area (Å²) in [5.74, 6) is 1.16. The molecule has 0 aliphatic heterocycles. The van der Waals surface area contributed by atoms with Gasteiger partial charge in [0.2, 0.25) is 5.91 Å². The predicted molar refractivity (Wildman–Crippen MR) is 75.3 cm³/mol. The first-order valence-corrected chi connectivity index (χ1v) is 7.02. The largest absolute Gasteiger partial charge is 0.330 e. The van der Waals surface area contributed by atoms with Crippen molar-refractivity contribution in [2.45, 2.75) is 13.8 Å². The van der Waals surface area contributed by atoms with Crippen LogP contribution in [-0.2, 0) is 4.79 Å².